The third kappa shape index (κ3) is 7.91. The normalized spacial score (nSPS) is 31.0. The van der Waals surface area contributed by atoms with Crippen LogP contribution in [0.15, 0.2) is 42.5 Å². The molecule has 2 saturated heterocycles. The summed E-state index contributed by atoms with van der Waals surface area (Å²) in [7, 11) is -2.28. The van der Waals surface area contributed by atoms with E-state index in [1.807, 2.05) is 42.5 Å². The van der Waals surface area contributed by atoms with Crippen molar-refractivity contribution in [1.82, 2.24) is 30.1 Å². The molecule has 3 saturated carbocycles. The summed E-state index contributed by atoms with van der Waals surface area (Å²) in [6.07, 6.45) is 11.4. The number of amides is 4. The van der Waals surface area contributed by atoms with E-state index in [0.29, 0.717) is 57.7 Å². The van der Waals surface area contributed by atoms with Gasteiger partial charge in [-0.05, 0) is 81.8 Å². The van der Waals surface area contributed by atoms with Crippen molar-refractivity contribution < 1.29 is 37.1 Å². The standard InChI is InChI=1S/C40H52N6O8S/c1-53-34-19-25(30-14-9-10-15-32(30)41-34)21-45-22-26-23-46-35(31(26)24-45)36(47)43-40(38(49)44-55(51,52)29-17-18-29)20-27(40)11-5-3-2-4-6-16-33(37(46)48)42-39(50)54-28-12-7-8-13-28/h5,9-11,14-15,19,26-29,31,33,35H,2-4,6-8,12-13,16-18,20-24H2,1H3,(H,42,50)(H,43,47)(H,44,49)/b11-5-/t26-,27+,31-,33+,35-,40+/m0/s1. The first-order chi connectivity index (χ1) is 26.5. The van der Waals surface area contributed by atoms with Crippen LogP contribution in [0.1, 0.15) is 82.6 Å². The van der Waals surface area contributed by atoms with Gasteiger partial charge in [0.2, 0.25) is 27.7 Å². The molecule has 3 aliphatic carbocycles. The van der Waals surface area contributed by atoms with E-state index < -0.39 is 50.8 Å². The highest BCUT2D eigenvalue weighted by molar-refractivity contribution is 7.91. The van der Waals surface area contributed by atoms with Crippen molar-refractivity contribution in [3.05, 3.63) is 48.0 Å². The van der Waals surface area contributed by atoms with Gasteiger partial charge >= 0.3 is 6.09 Å². The predicted octanol–water partition coefficient (Wildman–Crippen LogP) is 3.54. The summed E-state index contributed by atoms with van der Waals surface area (Å²) in [4.78, 5) is 64.9. The second-order valence-electron chi connectivity index (χ2n) is 16.4. The zero-order valence-corrected chi connectivity index (χ0v) is 32.2. The largest absolute Gasteiger partial charge is 0.481 e. The Morgan fingerprint density at radius 3 is 2.56 bits per heavy atom. The van der Waals surface area contributed by atoms with Crippen LogP contribution >= 0.6 is 0 Å². The molecule has 8 rings (SSSR count). The highest BCUT2D eigenvalue weighted by atomic mass is 32.2. The molecule has 0 spiro atoms. The summed E-state index contributed by atoms with van der Waals surface area (Å²) in [5.41, 5.74) is 0.405. The van der Waals surface area contributed by atoms with E-state index in [0.717, 1.165) is 61.4 Å². The van der Waals surface area contributed by atoms with E-state index in [1.165, 1.54) is 0 Å². The molecule has 2 aromatic rings. The topological polar surface area (TPSA) is 176 Å². The van der Waals surface area contributed by atoms with E-state index in [9.17, 15) is 27.6 Å². The fourth-order valence-corrected chi connectivity index (χ4v) is 10.7. The maximum atomic E-state index is 14.7. The Labute approximate surface area is 322 Å². The van der Waals surface area contributed by atoms with Crippen LogP contribution < -0.4 is 20.1 Å². The van der Waals surface area contributed by atoms with E-state index in [-0.39, 0.29) is 36.2 Å². The third-order valence-electron chi connectivity index (χ3n) is 12.5. The van der Waals surface area contributed by atoms with Crippen LogP contribution in [0.4, 0.5) is 4.79 Å². The van der Waals surface area contributed by atoms with E-state index in [2.05, 4.69) is 25.2 Å². The summed E-state index contributed by atoms with van der Waals surface area (Å²) in [5.74, 6) is -1.78. The van der Waals surface area contributed by atoms with Gasteiger partial charge in [-0.25, -0.2) is 18.2 Å². The number of likely N-dealkylation sites (tertiary alicyclic amines) is 1. The lowest BCUT2D eigenvalue weighted by Crippen LogP contribution is -2.60. The van der Waals surface area contributed by atoms with Crippen LogP contribution in [0.2, 0.25) is 0 Å². The molecule has 15 heteroatoms. The number of alkyl carbamates (subject to hydrolysis) is 1. The SMILES string of the molecule is COc1cc(CN2C[C@H]3CN4C(=O)[C@H](NC(=O)OC5CCCC5)CCCCC/C=C\[C@@H]5C[C@@]5(C(=O)NS(=O)(=O)C5CC5)NC(=O)[C@@H]4[C@H]3C2)c2ccccc2n1. The summed E-state index contributed by atoms with van der Waals surface area (Å²) < 4.78 is 39.4. The number of aromatic nitrogens is 1. The molecule has 4 amide bonds. The van der Waals surface area contributed by atoms with Crippen molar-refractivity contribution in [2.24, 2.45) is 17.8 Å². The fraction of sp³-hybridized carbons (Fsp3) is 0.625. The van der Waals surface area contributed by atoms with Crippen LogP contribution in [0.3, 0.4) is 0 Å². The number of carbonyl (C=O) groups is 4. The summed E-state index contributed by atoms with van der Waals surface area (Å²) in [5, 5.41) is 6.29. The third-order valence-corrected chi connectivity index (χ3v) is 14.4. The molecule has 296 valence electrons. The summed E-state index contributed by atoms with van der Waals surface area (Å²) >= 11 is 0. The smallest absolute Gasteiger partial charge is 0.408 e. The minimum Gasteiger partial charge on any atom is -0.481 e. The number of hydrogen-bond acceptors (Lipinski definition) is 10. The van der Waals surface area contributed by atoms with Gasteiger partial charge in [-0.1, -0.05) is 43.2 Å². The number of benzene rings is 1. The number of allylic oxidation sites excluding steroid dienone is 1. The number of carbonyl (C=O) groups excluding carboxylic acids is 4. The lowest BCUT2D eigenvalue weighted by Gasteiger charge is -2.33. The molecule has 3 aliphatic heterocycles. The van der Waals surface area contributed by atoms with Crippen molar-refractivity contribution in [3.63, 3.8) is 0 Å². The lowest BCUT2D eigenvalue weighted by atomic mass is 9.93. The number of methoxy groups -OCH3 is 1. The molecule has 14 nitrogen and oxygen atoms in total. The minimum absolute atomic E-state index is 0.0606. The van der Waals surface area contributed by atoms with Crippen molar-refractivity contribution in [2.45, 2.75) is 113 Å². The number of rotatable bonds is 8. The zero-order chi connectivity index (χ0) is 38.3. The molecule has 6 atom stereocenters. The Morgan fingerprint density at radius 2 is 1.78 bits per heavy atom. The molecule has 0 unspecified atom stereocenters. The highest BCUT2D eigenvalue weighted by Crippen LogP contribution is 2.47. The number of para-hydroxylation sites is 1. The molecule has 5 fully saturated rings. The maximum absolute atomic E-state index is 14.7. The van der Waals surface area contributed by atoms with Crippen molar-refractivity contribution in [1.29, 1.82) is 0 Å². The Morgan fingerprint density at radius 1 is 1.00 bits per heavy atom. The lowest BCUT2D eigenvalue weighted by molar-refractivity contribution is -0.142. The Kier molecular flexibility index (Phi) is 10.5. The number of fused-ring (bicyclic) bond motifs is 5. The van der Waals surface area contributed by atoms with E-state index in [4.69, 9.17) is 9.47 Å². The number of hydrogen-bond donors (Lipinski definition) is 3. The number of nitrogens with zero attached hydrogens (tertiary/aromatic N) is 3. The van der Waals surface area contributed by atoms with Crippen LogP contribution in [0.5, 0.6) is 5.88 Å². The average molecular weight is 777 g/mol. The second-order valence-corrected chi connectivity index (χ2v) is 18.4. The monoisotopic (exact) mass is 776 g/mol. The van der Waals surface area contributed by atoms with Crippen LogP contribution in [0, 0.1) is 17.8 Å². The molecule has 0 radical (unpaired) electrons. The van der Waals surface area contributed by atoms with Gasteiger partial charge in [0.15, 0.2) is 0 Å². The van der Waals surface area contributed by atoms with Gasteiger partial charge in [-0.3, -0.25) is 24.0 Å². The molecule has 0 bridgehead atoms. The summed E-state index contributed by atoms with van der Waals surface area (Å²) in [6.45, 7) is 2.00. The molecule has 1 aromatic heterocycles. The maximum Gasteiger partial charge on any atom is 0.408 e. The Bertz CT molecular complexity index is 1960. The van der Waals surface area contributed by atoms with Crippen molar-refractivity contribution in [2.75, 3.05) is 26.7 Å². The van der Waals surface area contributed by atoms with Gasteiger partial charge in [0.1, 0.15) is 23.7 Å². The van der Waals surface area contributed by atoms with Gasteiger partial charge in [0.25, 0.3) is 5.91 Å². The molecular formula is C40H52N6O8S. The van der Waals surface area contributed by atoms with Gasteiger partial charge in [-0.2, -0.15) is 0 Å². The van der Waals surface area contributed by atoms with Crippen molar-refractivity contribution in [3.8, 4) is 5.88 Å². The molecule has 3 N–H and O–H groups in total. The van der Waals surface area contributed by atoms with Crippen LogP contribution in [-0.4, -0.2) is 103 Å². The minimum atomic E-state index is -3.87. The first-order valence-electron chi connectivity index (χ1n) is 20.0. The van der Waals surface area contributed by atoms with Gasteiger partial charge < -0.3 is 25.0 Å². The van der Waals surface area contributed by atoms with Crippen molar-refractivity contribution >= 4 is 44.7 Å². The molecule has 6 aliphatic rings. The first-order valence-corrected chi connectivity index (χ1v) is 21.6. The number of pyridine rings is 1. The average Bonchev–Trinajstić information content (AvgIpc) is 3.99. The van der Waals surface area contributed by atoms with Crippen LogP contribution in [0.25, 0.3) is 10.9 Å². The fourth-order valence-electron chi connectivity index (χ4n) is 9.32. The predicted molar refractivity (Wildman–Crippen MR) is 203 cm³/mol. The zero-order valence-electron chi connectivity index (χ0n) is 31.4. The Balaban J connectivity index is 1.08. The highest BCUT2D eigenvalue weighted by Gasteiger charge is 2.63. The van der Waals surface area contributed by atoms with Gasteiger partial charge in [0.05, 0.1) is 17.9 Å². The van der Waals surface area contributed by atoms with Gasteiger partial charge in [-0.15, -0.1) is 0 Å². The van der Waals surface area contributed by atoms with E-state index >= 15 is 0 Å². The number of nitrogens with one attached hydrogen (secondary N) is 3. The second kappa shape index (κ2) is 15.4. The number of sulfonamides is 1. The number of ether oxygens (including phenoxy) is 2. The van der Waals surface area contributed by atoms with Gasteiger partial charge in [0, 0.05) is 49.5 Å². The van der Waals surface area contributed by atoms with Crippen LogP contribution in [-0.2, 0) is 35.7 Å². The molecule has 4 heterocycles. The summed E-state index contributed by atoms with van der Waals surface area (Å²) in [6, 6.07) is 7.99. The van der Waals surface area contributed by atoms with E-state index in [1.54, 1.807) is 12.0 Å². The quantitative estimate of drug-likeness (QED) is 0.337. The molecule has 55 heavy (non-hydrogen) atoms. The molecule has 1 aromatic carbocycles. The molecular weight excluding hydrogens is 725 g/mol. The first kappa shape index (κ1) is 37.7. The Hall–Kier alpha value is -4.24.